The van der Waals surface area contributed by atoms with Crippen LogP contribution in [-0.4, -0.2) is 48.3 Å². The maximum absolute atomic E-state index is 7.05. The van der Waals surface area contributed by atoms with Crippen molar-refractivity contribution in [1.82, 2.24) is 0 Å². The molecule has 1 aliphatic heterocycles. The van der Waals surface area contributed by atoms with Gasteiger partial charge in [-0.2, -0.15) is 0 Å². The van der Waals surface area contributed by atoms with Crippen LogP contribution in [0.5, 0.6) is 0 Å². The Bertz CT molecular complexity index is 737. The van der Waals surface area contributed by atoms with Crippen LogP contribution < -0.4 is 0 Å². The second-order valence-corrected chi connectivity index (χ2v) is 24.1. The molecule has 4 nitrogen and oxygen atoms in total. The van der Waals surface area contributed by atoms with E-state index < -0.39 is 16.6 Å². The van der Waals surface area contributed by atoms with Crippen molar-refractivity contribution in [2.75, 3.05) is 13.2 Å². The van der Waals surface area contributed by atoms with Gasteiger partial charge in [-0.15, -0.1) is 0 Å². The lowest BCUT2D eigenvalue weighted by molar-refractivity contribution is -0.155. The first-order chi connectivity index (χ1) is 16.7. The second kappa shape index (κ2) is 14.4. The van der Waals surface area contributed by atoms with Crippen molar-refractivity contribution in [2.45, 2.75) is 156 Å². The summed E-state index contributed by atoms with van der Waals surface area (Å²) in [4.78, 5) is 0. The van der Waals surface area contributed by atoms with E-state index in [4.69, 9.17) is 18.3 Å². The third kappa shape index (κ3) is 12.2. The van der Waals surface area contributed by atoms with E-state index in [1.807, 2.05) is 0 Å². The number of ether oxygens (including phenoxy) is 2. The maximum Gasteiger partial charge on any atom is 0.192 e. The highest BCUT2D eigenvalue weighted by Crippen LogP contribution is 2.40. The molecule has 37 heavy (non-hydrogen) atoms. The Morgan fingerprint density at radius 3 is 1.97 bits per heavy atom. The molecule has 0 N–H and O–H groups in total. The van der Waals surface area contributed by atoms with Crippen LogP contribution >= 0.6 is 0 Å². The van der Waals surface area contributed by atoms with Crippen LogP contribution in [-0.2, 0) is 18.3 Å². The first kappa shape index (κ1) is 34.8. The second-order valence-electron chi connectivity index (χ2n) is 14.6. The molecule has 0 saturated carbocycles. The fourth-order valence-electron chi connectivity index (χ4n) is 4.25. The molecule has 1 heterocycles. The van der Waals surface area contributed by atoms with Gasteiger partial charge in [-0.05, 0) is 95.1 Å². The number of hydrogen-bond acceptors (Lipinski definition) is 4. The molecule has 4 atom stereocenters. The summed E-state index contributed by atoms with van der Waals surface area (Å²) in [5, 5.41) is 0.379. The molecule has 1 unspecified atom stereocenters. The molecule has 0 aromatic carbocycles. The average Bonchev–Trinajstić information content (AvgIpc) is 2.71. The zero-order valence-electron chi connectivity index (χ0n) is 27.0. The van der Waals surface area contributed by atoms with Crippen molar-refractivity contribution in [3.63, 3.8) is 0 Å². The molecule has 6 heteroatoms. The Kier molecular flexibility index (Phi) is 13.5. The largest absolute Gasteiger partial charge is 0.414 e. The van der Waals surface area contributed by atoms with Crippen molar-refractivity contribution < 1.29 is 18.3 Å². The molecule has 0 aromatic heterocycles. The summed E-state index contributed by atoms with van der Waals surface area (Å²) >= 11 is 0. The fraction of sp³-hybridized carbons (Fsp3) is 0.871. The molecule has 1 aliphatic rings. The minimum absolute atomic E-state index is 0.0294. The minimum Gasteiger partial charge on any atom is -0.414 e. The summed E-state index contributed by atoms with van der Waals surface area (Å²) in [7, 11) is -3.76. The molecule has 1 rings (SSSR count). The molecule has 0 amide bonds. The summed E-state index contributed by atoms with van der Waals surface area (Å²) in [6.07, 6.45) is 10.2. The van der Waals surface area contributed by atoms with Gasteiger partial charge in [0.25, 0.3) is 0 Å². The monoisotopic (exact) mass is 554 g/mol. The van der Waals surface area contributed by atoms with Crippen LogP contribution in [0.2, 0.25) is 36.3 Å². The zero-order valence-corrected chi connectivity index (χ0v) is 29.0. The van der Waals surface area contributed by atoms with E-state index in [0.717, 1.165) is 32.3 Å². The average molecular weight is 555 g/mol. The van der Waals surface area contributed by atoms with E-state index in [1.165, 1.54) is 17.6 Å². The van der Waals surface area contributed by atoms with Crippen molar-refractivity contribution in [3.05, 3.63) is 23.3 Å². The third-order valence-corrected chi connectivity index (χ3v) is 17.8. The Morgan fingerprint density at radius 1 is 0.892 bits per heavy atom. The molecule has 0 bridgehead atoms. The summed E-state index contributed by atoms with van der Waals surface area (Å²) in [6.45, 7) is 33.8. The standard InChI is InChI=1S/C31H62O4Si2/c1-24(18-20-33-29-17-15-16-19-32-29)21-25(2)22-26(3)28(35-37(13,14)31(8,9)10)23-27(4)34-36(11,12)30(5,6)7/h18,22,26-29H,15-17,19-21,23H2,1-14H3/b24-18-,25-22+/t26-,27-,28-,29?/m1/s1. The molecular weight excluding hydrogens is 493 g/mol. The van der Waals surface area contributed by atoms with Crippen molar-refractivity contribution in [1.29, 1.82) is 0 Å². The summed E-state index contributed by atoms with van der Waals surface area (Å²) in [6, 6.07) is 0. The van der Waals surface area contributed by atoms with Crippen LogP contribution in [0.3, 0.4) is 0 Å². The van der Waals surface area contributed by atoms with Crippen molar-refractivity contribution in [3.8, 4) is 0 Å². The SMILES string of the molecule is C/C(=C/COC1CCCCO1)C/C(C)=C/[C@@H](C)[C@@H](C[C@@H](C)O[Si](C)(C)C(C)(C)C)O[Si](C)(C)C(C)(C)C. The topological polar surface area (TPSA) is 36.9 Å². The van der Waals surface area contributed by atoms with Gasteiger partial charge < -0.3 is 18.3 Å². The Morgan fingerprint density at radius 2 is 1.46 bits per heavy atom. The van der Waals surface area contributed by atoms with Crippen LogP contribution in [0.15, 0.2) is 23.3 Å². The molecule has 218 valence electrons. The van der Waals surface area contributed by atoms with Crippen molar-refractivity contribution >= 4 is 16.6 Å². The number of rotatable bonds is 13. The van der Waals surface area contributed by atoms with E-state index in [2.05, 4.69) is 108 Å². The lowest BCUT2D eigenvalue weighted by Gasteiger charge is -2.43. The van der Waals surface area contributed by atoms with Gasteiger partial charge in [-0.3, -0.25) is 0 Å². The normalized spacial score (nSPS) is 21.6. The van der Waals surface area contributed by atoms with Gasteiger partial charge in [0.05, 0.1) is 12.7 Å². The van der Waals surface area contributed by atoms with Gasteiger partial charge >= 0.3 is 0 Å². The molecule has 0 radical (unpaired) electrons. The molecule has 1 fully saturated rings. The zero-order chi connectivity index (χ0) is 28.7. The first-order valence-corrected chi connectivity index (χ1v) is 20.5. The lowest BCUT2D eigenvalue weighted by atomic mass is 9.95. The van der Waals surface area contributed by atoms with Gasteiger partial charge in [0.1, 0.15) is 0 Å². The predicted molar refractivity (Wildman–Crippen MR) is 165 cm³/mol. The molecule has 0 aromatic rings. The highest BCUT2D eigenvalue weighted by Gasteiger charge is 2.42. The number of allylic oxidation sites excluding steroid dienone is 2. The maximum atomic E-state index is 7.05. The number of hydrogen-bond donors (Lipinski definition) is 0. The fourth-order valence-corrected chi connectivity index (χ4v) is 7.12. The highest BCUT2D eigenvalue weighted by atomic mass is 28.4. The van der Waals surface area contributed by atoms with Crippen LogP contribution in [0.1, 0.15) is 101 Å². The Balaban J connectivity index is 2.92. The van der Waals surface area contributed by atoms with Crippen LogP contribution in [0.4, 0.5) is 0 Å². The lowest BCUT2D eigenvalue weighted by Crippen LogP contribution is -2.48. The Labute approximate surface area is 233 Å². The predicted octanol–water partition coefficient (Wildman–Crippen LogP) is 9.64. The summed E-state index contributed by atoms with van der Waals surface area (Å²) in [5.74, 6) is 0.319. The summed E-state index contributed by atoms with van der Waals surface area (Å²) in [5.41, 5.74) is 2.73. The quantitative estimate of drug-likeness (QED) is 0.168. The van der Waals surface area contributed by atoms with Gasteiger partial charge in [-0.1, -0.05) is 71.8 Å². The highest BCUT2D eigenvalue weighted by molar-refractivity contribution is 6.74. The minimum atomic E-state index is -1.92. The summed E-state index contributed by atoms with van der Waals surface area (Å²) < 4.78 is 25.4. The van der Waals surface area contributed by atoms with E-state index in [-0.39, 0.29) is 28.6 Å². The molecular formula is C31H62O4Si2. The molecule has 0 spiro atoms. The van der Waals surface area contributed by atoms with Crippen molar-refractivity contribution in [2.24, 2.45) is 5.92 Å². The smallest absolute Gasteiger partial charge is 0.192 e. The molecule has 0 aliphatic carbocycles. The molecule has 1 saturated heterocycles. The van der Waals surface area contributed by atoms with E-state index in [0.29, 0.717) is 12.5 Å². The van der Waals surface area contributed by atoms with Crippen LogP contribution in [0, 0.1) is 5.92 Å². The van der Waals surface area contributed by atoms with Crippen LogP contribution in [0.25, 0.3) is 0 Å². The van der Waals surface area contributed by atoms with Gasteiger partial charge in [0.2, 0.25) is 0 Å². The van der Waals surface area contributed by atoms with E-state index in [1.54, 1.807) is 0 Å². The van der Waals surface area contributed by atoms with Gasteiger partial charge in [0, 0.05) is 12.7 Å². The van der Waals surface area contributed by atoms with Gasteiger partial charge in [-0.25, -0.2) is 0 Å². The Hall–Kier alpha value is -0.246. The third-order valence-electron chi connectivity index (χ3n) is 8.66. The van der Waals surface area contributed by atoms with E-state index >= 15 is 0 Å². The van der Waals surface area contributed by atoms with E-state index in [9.17, 15) is 0 Å². The van der Waals surface area contributed by atoms with Gasteiger partial charge in [0.15, 0.2) is 22.9 Å². The first-order valence-electron chi connectivity index (χ1n) is 14.7.